The number of hydrogen-bond donors (Lipinski definition) is 1. The largest absolute Gasteiger partial charge is 0.469 e. The van der Waals surface area contributed by atoms with Crippen molar-refractivity contribution in [1.29, 1.82) is 0 Å². The molecular weight excluding hydrogens is 140 g/mol. The van der Waals surface area contributed by atoms with Crippen LogP contribution in [0.25, 0.3) is 0 Å². The summed E-state index contributed by atoms with van der Waals surface area (Å²) in [5.74, 6) is 0.953. The van der Waals surface area contributed by atoms with Gasteiger partial charge >= 0.3 is 0 Å². The van der Waals surface area contributed by atoms with Crippen molar-refractivity contribution in [2.75, 3.05) is 0 Å². The molecule has 1 N–H and O–H groups in total. The van der Waals surface area contributed by atoms with Crippen molar-refractivity contribution in [3.8, 4) is 0 Å². The zero-order valence-corrected chi connectivity index (χ0v) is 5.95. The number of hydrogen-bond acceptors (Lipinski definition) is 2. The summed E-state index contributed by atoms with van der Waals surface area (Å²) in [6.07, 6.45) is 4.19. The third kappa shape index (κ3) is 1.32. The molecule has 0 atom stereocenters. The summed E-state index contributed by atoms with van der Waals surface area (Å²) in [6, 6.07) is 5.76. The molecule has 0 bridgehead atoms. The summed E-state index contributed by atoms with van der Waals surface area (Å²) in [5.41, 5.74) is 1.07. The van der Waals surface area contributed by atoms with Crippen LogP contribution in [0.15, 0.2) is 35.1 Å². The Hall–Kier alpha value is -1.51. The molecule has 11 heavy (non-hydrogen) atoms. The third-order valence-electron chi connectivity index (χ3n) is 1.50. The maximum Gasteiger partial charge on any atom is 0.109 e. The van der Waals surface area contributed by atoms with Crippen LogP contribution in [-0.2, 0) is 6.42 Å². The number of H-pyrrole nitrogens is 1. The highest BCUT2D eigenvalue weighted by Crippen LogP contribution is 2.05. The highest BCUT2D eigenvalue weighted by Gasteiger charge is 1.97. The Morgan fingerprint density at radius 1 is 1.45 bits per heavy atom. The molecule has 0 unspecified atom stereocenters. The number of nitrogens with one attached hydrogen (secondary N) is 1. The molecule has 0 aliphatic carbocycles. The molecule has 0 saturated heterocycles. The van der Waals surface area contributed by atoms with Gasteiger partial charge in [0.2, 0.25) is 0 Å². The second-order valence-electron chi connectivity index (χ2n) is 2.34. The summed E-state index contributed by atoms with van der Waals surface area (Å²) in [7, 11) is 0. The van der Waals surface area contributed by atoms with Crippen LogP contribution in [0.4, 0.5) is 0 Å². The van der Waals surface area contributed by atoms with E-state index in [0.717, 1.165) is 17.9 Å². The van der Waals surface area contributed by atoms with E-state index in [4.69, 9.17) is 4.42 Å². The number of rotatable bonds is 2. The Labute approximate surface area is 64.0 Å². The normalized spacial score (nSPS) is 10.2. The van der Waals surface area contributed by atoms with Gasteiger partial charge in [0.25, 0.3) is 0 Å². The third-order valence-corrected chi connectivity index (χ3v) is 1.50. The molecule has 2 aromatic rings. The summed E-state index contributed by atoms with van der Waals surface area (Å²) >= 11 is 0. The highest BCUT2D eigenvalue weighted by molar-refractivity contribution is 5.10. The van der Waals surface area contributed by atoms with E-state index in [0.29, 0.717) is 0 Å². The van der Waals surface area contributed by atoms with E-state index in [9.17, 15) is 0 Å². The van der Waals surface area contributed by atoms with Crippen LogP contribution < -0.4 is 0 Å². The minimum absolute atomic E-state index is 0.785. The van der Waals surface area contributed by atoms with Gasteiger partial charge in [0.05, 0.1) is 6.26 Å². The van der Waals surface area contributed by atoms with Crippen LogP contribution in [0.1, 0.15) is 11.5 Å². The first-order valence-electron chi connectivity index (χ1n) is 3.46. The zero-order valence-electron chi connectivity index (χ0n) is 5.95. The van der Waals surface area contributed by atoms with Gasteiger partial charge in [0.15, 0.2) is 0 Å². The second-order valence-corrected chi connectivity index (χ2v) is 2.34. The van der Waals surface area contributed by atoms with Crippen molar-refractivity contribution in [1.82, 2.24) is 10.2 Å². The van der Waals surface area contributed by atoms with Crippen LogP contribution in [0.5, 0.6) is 0 Å². The Bertz CT molecular complexity index is 264. The van der Waals surface area contributed by atoms with Gasteiger partial charge in [-0.25, -0.2) is 0 Å². The van der Waals surface area contributed by atoms with E-state index < -0.39 is 0 Å². The summed E-state index contributed by atoms with van der Waals surface area (Å²) in [6.45, 7) is 0. The van der Waals surface area contributed by atoms with Gasteiger partial charge in [0, 0.05) is 18.3 Å². The van der Waals surface area contributed by atoms with E-state index in [1.54, 1.807) is 12.5 Å². The van der Waals surface area contributed by atoms with E-state index in [1.165, 1.54) is 0 Å². The fourth-order valence-electron chi connectivity index (χ4n) is 0.984. The van der Waals surface area contributed by atoms with Crippen LogP contribution in [0.3, 0.4) is 0 Å². The van der Waals surface area contributed by atoms with Crippen molar-refractivity contribution in [2.24, 2.45) is 0 Å². The first-order valence-corrected chi connectivity index (χ1v) is 3.46. The molecule has 0 spiro atoms. The molecule has 0 aliphatic heterocycles. The molecule has 2 rings (SSSR count). The molecule has 0 fully saturated rings. The Balaban J connectivity index is 2.14. The number of aromatic amines is 1. The minimum atomic E-state index is 0.785. The van der Waals surface area contributed by atoms with E-state index in [-0.39, 0.29) is 0 Å². The van der Waals surface area contributed by atoms with Gasteiger partial charge < -0.3 is 4.42 Å². The van der Waals surface area contributed by atoms with Crippen LogP contribution in [0.2, 0.25) is 0 Å². The van der Waals surface area contributed by atoms with Crippen molar-refractivity contribution in [3.63, 3.8) is 0 Å². The molecule has 3 heteroatoms. The van der Waals surface area contributed by atoms with E-state index in [2.05, 4.69) is 10.2 Å². The molecule has 0 amide bonds. The van der Waals surface area contributed by atoms with Gasteiger partial charge in [-0.1, -0.05) is 0 Å². The highest BCUT2D eigenvalue weighted by atomic mass is 16.3. The molecule has 2 heterocycles. The first-order chi connectivity index (χ1) is 5.45. The zero-order chi connectivity index (χ0) is 7.52. The molecule has 2 aromatic heterocycles. The monoisotopic (exact) mass is 148 g/mol. The fraction of sp³-hybridized carbons (Fsp3) is 0.125. The van der Waals surface area contributed by atoms with Crippen LogP contribution >= 0.6 is 0 Å². The summed E-state index contributed by atoms with van der Waals surface area (Å²) < 4.78 is 5.16. The molecular formula is C8H8N2O. The Kier molecular flexibility index (Phi) is 1.48. The molecule has 0 saturated carbocycles. The topological polar surface area (TPSA) is 41.8 Å². The van der Waals surface area contributed by atoms with Gasteiger partial charge in [-0.05, 0) is 18.2 Å². The lowest BCUT2D eigenvalue weighted by molar-refractivity contribution is 0.519. The van der Waals surface area contributed by atoms with Crippen molar-refractivity contribution in [2.45, 2.75) is 6.42 Å². The fourth-order valence-corrected chi connectivity index (χ4v) is 0.984. The molecule has 3 nitrogen and oxygen atoms in total. The smallest absolute Gasteiger partial charge is 0.109 e. The average Bonchev–Trinajstić information content (AvgIpc) is 2.60. The molecule has 56 valence electrons. The van der Waals surface area contributed by atoms with Gasteiger partial charge in [-0.15, -0.1) is 0 Å². The summed E-state index contributed by atoms with van der Waals surface area (Å²) in [5, 5.41) is 6.70. The van der Waals surface area contributed by atoms with E-state index >= 15 is 0 Å². The number of furan rings is 1. The Morgan fingerprint density at radius 2 is 2.45 bits per heavy atom. The summed E-state index contributed by atoms with van der Waals surface area (Å²) in [4.78, 5) is 0. The van der Waals surface area contributed by atoms with Crippen molar-refractivity contribution < 1.29 is 4.42 Å². The van der Waals surface area contributed by atoms with Crippen molar-refractivity contribution >= 4 is 0 Å². The van der Waals surface area contributed by atoms with Crippen LogP contribution in [-0.4, -0.2) is 10.2 Å². The maximum atomic E-state index is 5.16. The molecule has 0 aromatic carbocycles. The average molecular weight is 148 g/mol. The van der Waals surface area contributed by atoms with Gasteiger partial charge in [0.1, 0.15) is 5.76 Å². The van der Waals surface area contributed by atoms with E-state index in [1.807, 2.05) is 18.2 Å². The number of aromatic nitrogens is 2. The lowest BCUT2D eigenvalue weighted by Gasteiger charge is -1.89. The predicted molar refractivity (Wildman–Crippen MR) is 40.1 cm³/mol. The SMILES string of the molecule is c1coc(Cc2ccn[nH]2)c1. The number of nitrogens with zero attached hydrogens (tertiary/aromatic N) is 1. The minimum Gasteiger partial charge on any atom is -0.469 e. The predicted octanol–water partition coefficient (Wildman–Crippen LogP) is 1.59. The second kappa shape index (κ2) is 2.62. The molecule has 0 radical (unpaired) electrons. The molecule has 0 aliphatic rings. The van der Waals surface area contributed by atoms with Gasteiger partial charge in [-0.3, -0.25) is 5.10 Å². The van der Waals surface area contributed by atoms with Crippen LogP contribution in [0, 0.1) is 0 Å². The lowest BCUT2D eigenvalue weighted by Crippen LogP contribution is -1.84. The van der Waals surface area contributed by atoms with Gasteiger partial charge in [-0.2, -0.15) is 5.10 Å². The quantitative estimate of drug-likeness (QED) is 0.702. The van der Waals surface area contributed by atoms with Crippen molar-refractivity contribution in [3.05, 3.63) is 42.1 Å². The Morgan fingerprint density at radius 3 is 3.09 bits per heavy atom. The first kappa shape index (κ1) is 6.22. The maximum absolute atomic E-state index is 5.16. The lowest BCUT2D eigenvalue weighted by atomic mass is 10.2. The standard InChI is InChI=1S/C8H8N2O/c1-2-8(11-5-1)6-7-3-4-9-10-7/h1-5H,6H2,(H,9,10).